The lowest BCUT2D eigenvalue weighted by Gasteiger charge is -2.26. The fourth-order valence-corrected chi connectivity index (χ4v) is 2.29. The summed E-state index contributed by atoms with van der Waals surface area (Å²) in [5, 5.41) is 14.5. The number of nitriles is 1. The van der Waals surface area contributed by atoms with Crippen LogP contribution in [0.15, 0.2) is 48.5 Å². The molecule has 5 nitrogen and oxygen atoms in total. The van der Waals surface area contributed by atoms with Crippen molar-refractivity contribution in [3.63, 3.8) is 0 Å². The first-order chi connectivity index (χ1) is 11.4. The summed E-state index contributed by atoms with van der Waals surface area (Å²) in [6, 6.07) is 16.4. The summed E-state index contributed by atoms with van der Waals surface area (Å²) >= 11 is 0. The van der Waals surface area contributed by atoms with Crippen LogP contribution in [0.4, 0.5) is 10.5 Å². The van der Waals surface area contributed by atoms with Gasteiger partial charge in [-0.2, -0.15) is 5.26 Å². The monoisotopic (exact) mass is 323 g/mol. The van der Waals surface area contributed by atoms with Crippen LogP contribution in [0.1, 0.15) is 25.0 Å². The Morgan fingerprint density at radius 2 is 1.92 bits per heavy atom. The Morgan fingerprint density at radius 3 is 2.54 bits per heavy atom. The van der Waals surface area contributed by atoms with Gasteiger partial charge in [-0.25, -0.2) is 4.79 Å². The van der Waals surface area contributed by atoms with E-state index in [1.807, 2.05) is 30.3 Å². The molecule has 0 aliphatic heterocycles. The normalized spacial score (nSPS) is 10.6. The molecule has 0 aliphatic rings. The zero-order chi connectivity index (χ0) is 17.6. The zero-order valence-corrected chi connectivity index (χ0v) is 14.1. The highest BCUT2D eigenvalue weighted by Gasteiger charge is 2.21. The lowest BCUT2D eigenvalue weighted by molar-refractivity contribution is 0.249. The molecule has 2 rings (SSSR count). The van der Waals surface area contributed by atoms with Crippen LogP contribution in [0.3, 0.4) is 0 Å². The van der Waals surface area contributed by atoms with Crippen molar-refractivity contribution in [2.75, 3.05) is 19.0 Å². The number of nitrogens with one attached hydrogen (secondary N) is 2. The maximum absolute atomic E-state index is 12.1. The molecule has 0 aromatic heterocycles. The number of ether oxygens (including phenoxy) is 1. The van der Waals surface area contributed by atoms with Crippen molar-refractivity contribution >= 4 is 11.7 Å². The number of carbonyl (C=O) groups is 1. The molecule has 24 heavy (non-hydrogen) atoms. The predicted molar refractivity (Wildman–Crippen MR) is 94.2 cm³/mol. The Labute approximate surface area is 142 Å². The van der Waals surface area contributed by atoms with Gasteiger partial charge in [0.05, 0.1) is 18.7 Å². The van der Waals surface area contributed by atoms with E-state index in [2.05, 4.69) is 24.5 Å². The minimum absolute atomic E-state index is 0.224. The van der Waals surface area contributed by atoms with Crippen molar-refractivity contribution in [3.8, 4) is 11.8 Å². The summed E-state index contributed by atoms with van der Waals surface area (Å²) in [7, 11) is 1.63. The van der Waals surface area contributed by atoms with Crippen LogP contribution in [0, 0.1) is 11.3 Å². The van der Waals surface area contributed by atoms with Crippen molar-refractivity contribution in [1.29, 1.82) is 5.26 Å². The second-order valence-electron chi connectivity index (χ2n) is 6.11. The molecule has 5 heteroatoms. The fourth-order valence-electron chi connectivity index (χ4n) is 2.29. The summed E-state index contributed by atoms with van der Waals surface area (Å²) in [5.41, 5.74) is 1.98. The maximum atomic E-state index is 12.1. The van der Waals surface area contributed by atoms with Gasteiger partial charge < -0.3 is 15.4 Å². The maximum Gasteiger partial charge on any atom is 0.319 e. The number of hydrogen-bond acceptors (Lipinski definition) is 3. The molecule has 0 heterocycles. The Kier molecular flexibility index (Phi) is 5.43. The fraction of sp³-hybridized carbons (Fsp3) is 0.263. The van der Waals surface area contributed by atoms with Gasteiger partial charge in [0.2, 0.25) is 0 Å². The van der Waals surface area contributed by atoms with Crippen molar-refractivity contribution < 1.29 is 9.53 Å². The second-order valence-corrected chi connectivity index (χ2v) is 6.11. The molecular formula is C19H21N3O2. The largest absolute Gasteiger partial charge is 0.497 e. The first kappa shape index (κ1) is 17.4. The minimum atomic E-state index is -0.299. The third-order valence-electron chi connectivity index (χ3n) is 3.81. The van der Waals surface area contributed by atoms with Gasteiger partial charge in [-0.05, 0) is 35.9 Å². The molecule has 0 spiro atoms. The number of hydrogen-bond donors (Lipinski definition) is 2. The van der Waals surface area contributed by atoms with E-state index in [-0.39, 0.29) is 11.4 Å². The van der Waals surface area contributed by atoms with Gasteiger partial charge in [0.25, 0.3) is 0 Å². The lowest BCUT2D eigenvalue weighted by atomic mass is 9.84. The molecule has 0 radical (unpaired) electrons. The second kappa shape index (κ2) is 7.51. The van der Waals surface area contributed by atoms with Crippen LogP contribution in [-0.2, 0) is 5.41 Å². The molecule has 0 atom stereocenters. The standard InChI is InChI=1S/C19H21N3O2/c1-19(2,15-7-9-17(24-3)10-8-15)13-21-18(23)22-16-6-4-5-14(11-16)12-20/h4-11H,13H2,1-3H3,(H2,21,22,23). The van der Waals surface area contributed by atoms with Crippen LogP contribution in [0.25, 0.3) is 0 Å². The average Bonchev–Trinajstić information content (AvgIpc) is 2.60. The molecule has 2 amide bonds. The van der Waals surface area contributed by atoms with Gasteiger partial charge in [0, 0.05) is 17.6 Å². The quantitative estimate of drug-likeness (QED) is 0.881. The smallest absolute Gasteiger partial charge is 0.319 e. The van der Waals surface area contributed by atoms with Gasteiger partial charge in [-0.3, -0.25) is 0 Å². The van der Waals surface area contributed by atoms with E-state index < -0.39 is 0 Å². The van der Waals surface area contributed by atoms with Crippen LogP contribution in [-0.4, -0.2) is 19.7 Å². The van der Waals surface area contributed by atoms with E-state index in [1.165, 1.54) is 0 Å². The van der Waals surface area contributed by atoms with Gasteiger partial charge in [0.1, 0.15) is 5.75 Å². The molecule has 124 valence electrons. The number of nitrogens with zero attached hydrogens (tertiary/aromatic N) is 1. The number of benzene rings is 2. The van der Waals surface area contributed by atoms with Crippen LogP contribution >= 0.6 is 0 Å². The summed E-state index contributed by atoms with van der Waals surface area (Å²) in [6.07, 6.45) is 0. The molecule has 0 saturated carbocycles. The van der Waals surface area contributed by atoms with Crippen LogP contribution in [0.5, 0.6) is 5.75 Å². The van der Waals surface area contributed by atoms with Crippen LogP contribution < -0.4 is 15.4 Å². The molecule has 0 bridgehead atoms. The van der Waals surface area contributed by atoms with Gasteiger partial charge in [-0.1, -0.05) is 32.0 Å². The highest BCUT2D eigenvalue weighted by molar-refractivity contribution is 5.89. The van der Waals surface area contributed by atoms with Gasteiger partial charge >= 0.3 is 6.03 Å². The lowest BCUT2D eigenvalue weighted by Crippen LogP contribution is -2.38. The van der Waals surface area contributed by atoms with E-state index >= 15 is 0 Å². The number of urea groups is 1. The number of amides is 2. The molecule has 0 fully saturated rings. The van der Waals surface area contributed by atoms with Gasteiger partial charge in [-0.15, -0.1) is 0 Å². The molecular weight excluding hydrogens is 302 g/mol. The first-order valence-corrected chi connectivity index (χ1v) is 7.64. The average molecular weight is 323 g/mol. The zero-order valence-electron chi connectivity index (χ0n) is 14.1. The summed E-state index contributed by atoms with van der Waals surface area (Å²) < 4.78 is 5.16. The van der Waals surface area contributed by atoms with Crippen molar-refractivity contribution in [3.05, 3.63) is 59.7 Å². The van der Waals surface area contributed by atoms with Gasteiger partial charge in [0.15, 0.2) is 0 Å². The Morgan fingerprint density at radius 1 is 1.21 bits per heavy atom. The minimum Gasteiger partial charge on any atom is -0.497 e. The summed E-state index contributed by atoms with van der Waals surface area (Å²) in [5.74, 6) is 0.803. The van der Waals surface area contributed by atoms with E-state index in [4.69, 9.17) is 10.00 Å². The highest BCUT2D eigenvalue weighted by atomic mass is 16.5. The number of carbonyl (C=O) groups excluding carboxylic acids is 1. The molecule has 0 saturated heterocycles. The van der Waals surface area contributed by atoms with E-state index in [0.29, 0.717) is 17.8 Å². The predicted octanol–water partition coefficient (Wildman–Crippen LogP) is 3.67. The number of methoxy groups -OCH3 is 1. The van der Waals surface area contributed by atoms with E-state index in [1.54, 1.807) is 31.4 Å². The molecule has 2 N–H and O–H groups in total. The Bertz CT molecular complexity index is 746. The van der Waals surface area contributed by atoms with E-state index in [9.17, 15) is 4.79 Å². The highest BCUT2D eigenvalue weighted by Crippen LogP contribution is 2.24. The molecule has 2 aromatic rings. The third-order valence-corrected chi connectivity index (χ3v) is 3.81. The third kappa shape index (κ3) is 4.50. The van der Waals surface area contributed by atoms with Crippen molar-refractivity contribution in [1.82, 2.24) is 5.32 Å². The molecule has 2 aromatic carbocycles. The topological polar surface area (TPSA) is 74.2 Å². The molecule has 0 aliphatic carbocycles. The van der Waals surface area contributed by atoms with Crippen molar-refractivity contribution in [2.45, 2.75) is 19.3 Å². The SMILES string of the molecule is COc1ccc(C(C)(C)CNC(=O)Nc2cccc(C#N)c2)cc1. The first-order valence-electron chi connectivity index (χ1n) is 7.64. The number of anilines is 1. The van der Waals surface area contributed by atoms with Crippen molar-refractivity contribution in [2.24, 2.45) is 0 Å². The number of rotatable bonds is 5. The summed E-state index contributed by atoms with van der Waals surface area (Å²) in [6.45, 7) is 4.60. The summed E-state index contributed by atoms with van der Waals surface area (Å²) in [4.78, 5) is 12.1. The van der Waals surface area contributed by atoms with Crippen LogP contribution in [0.2, 0.25) is 0 Å². The molecule has 0 unspecified atom stereocenters. The Hall–Kier alpha value is -3.00. The Balaban J connectivity index is 1.95. The van der Waals surface area contributed by atoms with E-state index in [0.717, 1.165) is 11.3 Å².